The highest BCUT2D eigenvalue weighted by Crippen LogP contribution is 2.15. The van der Waals surface area contributed by atoms with Crippen molar-refractivity contribution < 1.29 is 0 Å². The molecule has 0 unspecified atom stereocenters. The molecule has 1 aromatic rings. The maximum Gasteiger partial charge on any atom is 0.0239 e. The molecule has 0 aliphatic carbocycles. The van der Waals surface area contributed by atoms with Crippen molar-refractivity contribution in [3.05, 3.63) is 34.9 Å². The van der Waals surface area contributed by atoms with Crippen molar-refractivity contribution in [1.82, 2.24) is 4.90 Å². The van der Waals surface area contributed by atoms with Crippen molar-refractivity contribution in [2.24, 2.45) is 5.73 Å². The third kappa shape index (κ3) is 3.62. The maximum atomic E-state index is 5.65. The van der Waals surface area contributed by atoms with Crippen LogP contribution in [0.5, 0.6) is 0 Å². The first-order chi connectivity index (χ1) is 7.69. The van der Waals surface area contributed by atoms with Crippen molar-refractivity contribution >= 4 is 0 Å². The van der Waals surface area contributed by atoms with Crippen LogP contribution in [0.2, 0.25) is 0 Å². The average molecular weight is 220 g/mol. The SMILES string of the molecule is CCCN(CCN)Cc1c(C)cccc1C. The van der Waals surface area contributed by atoms with Gasteiger partial charge in [-0.2, -0.15) is 0 Å². The zero-order chi connectivity index (χ0) is 12.0. The lowest BCUT2D eigenvalue weighted by atomic mass is 10.0. The molecule has 0 heterocycles. The lowest BCUT2D eigenvalue weighted by Gasteiger charge is -2.23. The molecule has 2 N–H and O–H groups in total. The smallest absolute Gasteiger partial charge is 0.0239 e. The van der Waals surface area contributed by atoms with Gasteiger partial charge in [0.15, 0.2) is 0 Å². The molecule has 0 saturated heterocycles. The molecule has 0 aromatic heterocycles. The maximum absolute atomic E-state index is 5.65. The third-order valence-electron chi connectivity index (χ3n) is 3.01. The number of rotatable bonds is 6. The number of nitrogens with zero attached hydrogens (tertiary/aromatic N) is 1. The molecule has 0 spiro atoms. The van der Waals surface area contributed by atoms with Crippen LogP contribution >= 0.6 is 0 Å². The Bertz CT molecular complexity index is 294. The van der Waals surface area contributed by atoms with Crippen molar-refractivity contribution in [3.63, 3.8) is 0 Å². The van der Waals surface area contributed by atoms with Crippen molar-refractivity contribution in [2.75, 3.05) is 19.6 Å². The van der Waals surface area contributed by atoms with E-state index < -0.39 is 0 Å². The van der Waals surface area contributed by atoms with Crippen LogP contribution < -0.4 is 5.73 Å². The second-order valence-corrected chi connectivity index (χ2v) is 4.44. The minimum Gasteiger partial charge on any atom is -0.329 e. The van der Waals surface area contributed by atoms with E-state index in [1.165, 1.54) is 23.1 Å². The van der Waals surface area contributed by atoms with Gasteiger partial charge in [0.25, 0.3) is 0 Å². The fraction of sp³-hybridized carbons (Fsp3) is 0.571. The first-order valence-electron chi connectivity index (χ1n) is 6.16. The van der Waals surface area contributed by atoms with Gasteiger partial charge in [-0.25, -0.2) is 0 Å². The minimum absolute atomic E-state index is 0.741. The number of benzene rings is 1. The molecular formula is C14H24N2. The predicted octanol–water partition coefficient (Wildman–Crippen LogP) is 2.47. The van der Waals surface area contributed by atoms with Crippen LogP contribution in [0.4, 0.5) is 0 Å². The van der Waals surface area contributed by atoms with Crippen LogP contribution in [0, 0.1) is 13.8 Å². The molecular weight excluding hydrogens is 196 g/mol. The molecule has 0 radical (unpaired) electrons. The van der Waals surface area contributed by atoms with Crippen molar-refractivity contribution in [3.8, 4) is 0 Å². The van der Waals surface area contributed by atoms with E-state index in [1.807, 2.05) is 0 Å². The largest absolute Gasteiger partial charge is 0.329 e. The van der Waals surface area contributed by atoms with Gasteiger partial charge in [0.1, 0.15) is 0 Å². The molecule has 0 amide bonds. The zero-order valence-electron chi connectivity index (χ0n) is 10.8. The summed E-state index contributed by atoms with van der Waals surface area (Å²) in [5.41, 5.74) is 9.88. The molecule has 0 bridgehead atoms. The van der Waals surface area contributed by atoms with E-state index in [9.17, 15) is 0 Å². The Morgan fingerprint density at radius 3 is 2.25 bits per heavy atom. The summed E-state index contributed by atoms with van der Waals surface area (Å²) in [6, 6.07) is 6.51. The number of nitrogens with two attached hydrogens (primary N) is 1. The fourth-order valence-corrected chi connectivity index (χ4v) is 2.09. The van der Waals surface area contributed by atoms with Gasteiger partial charge in [-0.3, -0.25) is 4.90 Å². The Kier molecular flexibility index (Phi) is 5.50. The van der Waals surface area contributed by atoms with E-state index >= 15 is 0 Å². The Labute approximate surface area is 99.5 Å². The van der Waals surface area contributed by atoms with Gasteiger partial charge < -0.3 is 5.73 Å². The lowest BCUT2D eigenvalue weighted by molar-refractivity contribution is 0.272. The first-order valence-corrected chi connectivity index (χ1v) is 6.16. The number of hydrogen-bond acceptors (Lipinski definition) is 2. The van der Waals surface area contributed by atoms with Crippen LogP contribution in [0.1, 0.15) is 30.0 Å². The summed E-state index contributed by atoms with van der Waals surface area (Å²) in [5, 5.41) is 0. The topological polar surface area (TPSA) is 29.3 Å². The first kappa shape index (κ1) is 13.2. The molecule has 0 aliphatic rings. The van der Waals surface area contributed by atoms with Gasteiger partial charge in [-0.05, 0) is 43.5 Å². The quantitative estimate of drug-likeness (QED) is 0.798. The van der Waals surface area contributed by atoms with Crippen LogP contribution in [0.3, 0.4) is 0 Å². The van der Waals surface area contributed by atoms with Crippen LogP contribution in [-0.2, 0) is 6.54 Å². The summed E-state index contributed by atoms with van der Waals surface area (Å²) < 4.78 is 0. The van der Waals surface area contributed by atoms with Crippen LogP contribution in [0.25, 0.3) is 0 Å². The number of hydrogen-bond donors (Lipinski definition) is 1. The highest BCUT2D eigenvalue weighted by atomic mass is 15.1. The van der Waals surface area contributed by atoms with E-state index in [1.54, 1.807) is 0 Å². The summed E-state index contributed by atoms with van der Waals surface area (Å²) in [5.74, 6) is 0. The fourth-order valence-electron chi connectivity index (χ4n) is 2.09. The Hall–Kier alpha value is -0.860. The summed E-state index contributed by atoms with van der Waals surface area (Å²) in [6.45, 7) is 10.5. The standard InChI is InChI=1S/C14H24N2/c1-4-9-16(10-8-15)11-14-12(2)6-5-7-13(14)3/h5-7H,4,8-11,15H2,1-3H3. The lowest BCUT2D eigenvalue weighted by Crippen LogP contribution is -2.30. The van der Waals surface area contributed by atoms with Gasteiger partial charge in [-0.1, -0.05) is 25.1 Å². The second kappa shape index (κ2) is 6.66. The van der Waals surface area contributed by atoms with Gasteiger partial charge in [0.2, 0.25) is 0 Å². The molecule has 0 atom stereocenters. The van der Waals surface area contributed by atoms with Gasteiger partial charge in [0.05, 0.1) is 0 Å². The van der Waals surface area contributed by atoms with Gasteiger partial charge in [-0.15, -0.1) is 0 Å². The molecule has 90 valence electrons. The van der Waals surface area contributed by atoms with Gasteiger partial charge >= 0.3 is 0 Å². The minimum atomic E-state index is 0.741. The molecule has 2 nitrogen and oxygen atoms in total. The predicted molar refractivity (Wildman–Crippen MR) is 70.5 cm³/mol. The summed E-state index contributed by atoms with van der Waals surface area (Å²) in [6.07, 6.45) is 1.19. The van der Waals surface area contributed by atoms with Gasteiger partial charge in [0, 0.05) is 19.6 Å². The highest BCUT2D eigenvalue weighted by molar-refractivity contribution is 5.33. The zero-order valence-corrected chi connectivity index (χ0v) is 10.8. The van der Waals surface area contributed by atoms with Crippen molar-refractivity contribution in [1.29, 1.82) is 0 Å². The molecule has 0 saturated carbocycles. The Morgan fingerprint density at radius 1 is 1.12 bits per heavy atom. The monoisotopic (exact) mass is 220 g/mol. The van der Waals surface area contributed by atoms with E-state index in [0.29, 0.717) is 0 Å². The molecule has 0 aliphatic heterocycles. The molecule has 16 heavy (non-hydrogen) atoms. The second-order valence-electron chi connectivity index (χ2n) is 4.44. The molecule has 1 rings (SSSR count). The Morgan fingerprint density at radius 2 is 1.75 bits per heavy atom. The molecule has 1 aromatic carbocycles. The van der Waals surface area contributed by atoms with E-state index in [-0.39, 0.29) is 0 Å². The average Bonchev–Trinajstić information content (AvgIpc) is 2.24. The molecule has 0 fully saturated rings. The van der Waals surface area contributed by atoms with Crippen LogP contribution in [0.15, 0.2) is 18.2 Å². The highest BCUT2D eigenvalue weighted by Gasteiger charge is 2.07. The molecule has 2 heteroatoms. The summed E-state index contributed by atoms with van der Waals surface area (Å²) in [4.78, 5) is 2.44. The number of aryl methyl sites for hydroxylation is 2. The normalized spacial score (nSPS) is 11.1. The van der Waals surface area contributed by atoms with Crippen molar-refractivity contribution in [2.45, 2.75) is 33.7 Å². The van der Waals surface area contributed by atoms with E-state index in [4.69, 9.17) is 5.73 Å². The van der Waals surface area contributed by atoms with E-state index in [2.05, 4.69) is 43.9 Å². The Balaban J connectivity index is 2.76. The van der Waals surface area contributed by atoms with E-state index in [0.717, 1.165) is 26.2 Å². The third-order valence-corrected chi connectivity index (χ3v) is 3.01. The summed E-state index contributed by atoms with van der Waals surface area (Å²) >= 11 is 0. The van der Waals surface area contributed by atoms with Crippen LogP contribution in [-0.4, -0.2) is 24.5 Å². The summed E-state index contributed by atoms with van der Waals surface area (Å²) in [7, 11) is 0.